The molecule has 0 spiro atoms. The van der Waals surface area contributed by atoms with E-state index in [4.69, 9.17) is 0 Å². The van der Waals surface area contributed by atoms with Gasteiger partial charge in [0.05, 0.1) is 0 Å². The summed E-state index contributed by atoms with van der Waals surface area (Å²) in [6.07, 6.45) is 6.62. The molecule has 1 heteroatoms. The molecule has 2 saturated carbocycles. The van der Waals surface area contributed by atoms with Gasteiger partial charge in [-0.15, -0.1) is 0 Å². The maximum atomic E-state index is 4.30. The van der Waals surface area contributed by atoms with E-state index in [0.29, 0.717) is 5.92 Å². The standard InChI is InChI=1S/C22H33.C10H15.Hf/c1-15-16(2)18(4)20(17(15)3)14-19(22(8,9)10)12-11-13-21(5,6)7;1-6-7(2)9(4)10(5)8(6)3;/h13,19H,3,14H2,1-2,4-10H3;1-5H3;/q-2;;+4. The summed E-state index contributed by atoms with van der Waals surface area (Å²) in [6.45, 7) is 35.3. The van der Waals surface area contributed by atoms with Gasteiger partial charge < -0.3 is 12.7 Å². The first-order valence-electron chi connectivity index (χ1n) is 12.0. The van der Waals surface area contributed by atoms with Crippen molar-refractivity contribution in [3.8, 4) is 0 Å². The van der Waals surface area contributed by atoms with E-state index in [-0.39, 0.29) is 36.7 Å². The Morgan fingerprint density at radius 2 is 1.06 bits per heavy atom. The van der Waals surface area contributed by atoms with E-state index >= 15 is 0 Å². The fourth-order valence-electron chi connectivity index (χ4n) is 4.01. The predicted molar refractivity (Wildman–Crippen MR) is 142 cm³/mol. The fraction of sp³-hybridized carbons (Fsp3) is 0.562. The second kappa shape index (κ2) is 13.1. The van der Waals surface area contributed by atoms with Gasteiger partial charge in [0.1, 0.15) is 0 Å². The van der Waals surface area contributed by atoms with Crippen molar-refractivity contribution in [2.24, 2.45) is 16.7 Å². The third-order valence-corrected chi connectivity index (χ3v) is 7.42. The normalized spacial score (nSPS) is 23.2. The van der Waals surface area contributed by atoms with E-state index in [0.717, 1.165) is 6.42 Å². The van der Waals surface area contributed by atoms with Crippen molar-refractivity contribution in [3.63, 3.8) is 0 Å². The van der Waals surface area contributed by atoms with E-state index in [1.807, 2.05) is 0 Å². The van der Waals surface area contributed by atoms with Crippen LogP contribution in [0.25, 0.3) is 0 Å². The van der Waals surface area contributed by atoms with Crippen LogP contribution >= 0.6 is 0 Å². The molecule has 2 aliphatic carbocycles. The molecule has 2 rings (SSSR count). The molecule has 0 aromatic carbocycles. The van der Waals surface area contributed by atoms with Gasteiger partial charge in [0.25, 0.3) is 0 Å². The Bertz CT molecular complexity index is 567. The maximum Gasteiger partial charge on any atom is 4.00 e. The largest absolute Gasteiger partial charge is 4.00 e. The Kier molecular flexibility index (Phi) is 13.2. The van der Waals surface area contributed by atoms with Crippen molar-refractivity contribution in [1.82, 2.24) is 0 Å². The summed E-state index contributed by atoms with van der Waals surface area (Å²) >= 11 is 0. The Labute approximate surface area is 229 Å². The molecule has 0 saturated heterocycles. The van der Waals surface area contributed by atoms with Crippen LogP contribution in [0.4, 0.5) is 0 Å². The Morgan fingerprint density at radius 1 is 0.697 bits per heavy atom. The van der Waals surface area contributed by atoms with Crippen LogP contribution in [0.3, 0.4) is 0 Å². The predicted octanol–water partition coefficient (Wildman–Crippen LogP) is 9.35. The number of allylic oxidation sites excluding steroid dienone is 1. The molecular formula is C32H48Hf+2. The van der Waals surface area contributed by atoms with E-state index in [2.05, 4.69) is 122 Å². The second-order valence-electron chi connectivity index (χ2n) is 11.9. The topological polar surface area (TPSA) is 0 Å². The minimum absolute atomic E-state index is 0. The summed E-state index contributed by atoms with van der Waals surface area (Å²) in [6, 6.07) is 0. The van der Waals surface area contributed by atoms with Crippen molar-refractivity contribution in [3.05, 3.63) is 84.0 Å². The third kappa shape index (κ3) is 9.08. The number of hydrogen-bond donors (Lipinski definition) is 0. The van der Waals surface area contributed by atoms with Gasteiger partial charge in [-0.1, -0.05) is 115 Å². The van der Waals surface area contributed by atoms with Gasteiger partial charge in [-0.25, -0.2) is 6.08 Å². The van der Waals surface area contributed by atoms with Crippen molar-refractivity contribution in [2.45, 2.75) is 103 Å². The second-order valence-corrected chi connectivity index (χ2v) is 11.9. The quantitative estimate of drug-likeness (QED) is 0.170. The van der Waals surface area contributed by atoms with Crippen molar-refractivity contribution < 1.29 is 25.8 Å². The molecule has 0 aromatic heterocycles. The summed E-state index contributed by atoms with van der Waals surface area (Å²) in [5, 5.41) is 0. The molecule has 10 radical (unpaired) electrons. The minimum atomic E-state index is 0. The maximum absolute atomic E-state index is 4.30. The molecule has 2 fully saturated rings. The number of rotatable bonds is 3. The molecule has 0 aliphatic heterocycles. The molecule has 0 heterocycles. The molecule has 33 heavy (non-hydrogen) atoms. The summed E-state index contributed by atoms with van der Waals surface area (Å²) in [5.74, 6) is 14.4. The van der Waals surface area contributed by atoms with Crippen molar-refractivity contribution in [2.75, 3.05) is 0 Å². The van der Waals surface area contributed by atoms with Crippen molar-refractivity contribution in [1.29, 1.82) is 0 Å². The van der Waals surface area contributed by atoms with Crippen molar-refractivity contribution >= 4 is 0 Å². The molecule has 1 unspecified atom stereocenters. The van der Waals surface area contributed by atoms with Gasteiger partial charge in [0.15, 0.2) is 0 Å². The van der Waals surface area contributed by atoms with Crippen LogP contribution in [0.1, 0.15) is 103 Å². The van der Waals surface area contributed by atoms with Crippen LogP contribution in [0, 0.1) is 88.9 Å². The summed E-state index contributed by atoms with van der Waals surface area (Å²) in [5.41, 5.74) is 3.63. The van der Waals surface area contributed by atoms with Gasteiger partial charge in [0, 0.05) is 0 Å². The molecular weight excluding hydrogens is 563 g/mol. The third-order valence-electron chi connectivity index (χ3n) is 7.42. The van der Waals surface area contributed by atoms with Gasteiger partial charge in [-0.3, -0.25) is 0 Å². The van der Waals surface area contributed by atoms with Gasteiger partial charge in [-0.2, -0.15) is 12.0 Å². The first-order valence-corrected chi connectivity index (χ1v) is 12.0. The molecule has 0 nitrogen and oxygen atoms in total. The van der Waals surface area contributed by atoms with Crippen LogP contribution in [0.15, 0.2) is 11.8 Å². The molecule has 0 N–H and O–H groups in total. The number of hydrogen-bond acceptors (Lipinski definition) is 0. The molecule has 2 aliphatic rings. The average molecular weight is 611 g/mol. The summed E-state index contributed by atoms with van der Waals surface area (Å²) in [7, 11) is 0. The van der Waals surface area contributed by atoms with Gasteiger partial charge in [0.2, 0.25) is 0 Å². The zero-order chi connectivity index (χ0) is 25.2. The smallest absolute Gasteiger partial charge is 0.338 e. The van der Waals surface area contributed by atoms with Gasteiger partial charge in [-0.05, 0) is 58.7 Å². The Hall–Kier alpha value is 0.390. The molecule has 0 amide bonds. The van der Waals surface area contributed by atoms with Crippen LogP contribution in [0.2, 0.25) is 0 Å². The van der Waals surface area contributed by atoms with Crippen LogP contribution < -0.4 is 0 Å². The first-order chi connectivity index (χ1) is 14.4. The SMILES string of the molecule is C[C]1[C](C)[C](C)[C](C)[C]1C.[CH2-][C]1[C](C)[C](C)[C](C)[C]1CC([C-]=C=CC(C)(C)C)C(C)(C)C.[Hf+4]. The van der Waals surface area contributed by atoms with E-state index in [9.17, 15) is 0 Å². The van der Waals surface area contributed by atoms with Gasteiger partial charge >= 0.3 is 25.8 Å². The Balaban J connectivity index is 0.000000779. The zero-order valence-electron chi connectivity index (χ0n) is 24.1. The summed E-state index contributed by atoms with van der Waals surface area (Å²) in [4.78, 5) is 0. The molecule has 178 valence electrons. The van der Waals surface area contributed by atoms with E-state index < -0.39 is 0 Å². The van der Waals surface area contributed by atoms with Crippen LogP contribution in [-0.2, 0) is 25.8 Å². The van der Waals surface area contributed by atoms with Crippen LogP contribution in [-0.4, -0.2) is 0 Å². The minimum Gasteiger partial charge on any atom is -0.338 e. The fourth-order valence-corrected chi connectivity index (χ4v) is 4.01. The molecule has 0 aromatic rings. The average Bonchev–Trinajstić information content (AvgIpc) is 2.95. The van der Waals surface area contributed by atoms with E-state index in [1.54, 1.807) is 0 Å². The zero-order valence-corrected chi connectivity index (χ0v) is 27.7. The monoisotopic (exact) mass is 612 g/mol. The Morgan fingerprint density at radius 3 is 1.33 bits per heavy atom. The van der Waals surface area contributed by atoms with Crippen LogP contribution in [0.5, 0.6) is 0 Å². The first kappa shape index (κ1) is 33.4. The molecule has 0 bridgehead atoms. The molecule has 1 atom stereocenters. The van der Waals surface area contributed by atoms with E-state index in [1.165, 1.54) is 59.2 Å². The summed E-state index contributed by atoms with van der Waals surface area (Å²) < 4.78 is 0.